The van der Waals surface area contributed by atoms with Crippen LogP contribution in [0.4, 0.5) is 10.1 Å². The summed E-state index contributed by atoms with van der Waals surface area (Å²) in [6.07, 6.45) is 0. The third-order valence-electron chi connectivity index (χ3n) is 2.02. The molecule has 7 heteroatoms. The zero-order valence-electron chi connectivity index (χ0n) is 8.91. The van der Waals surface area contributed by atoms with Gasteiger partial charge in [0.1, 0.15) is 5.82 Å². The van der Waals surface area contributed by atoms with Crippen molar-refractivity contribution < 1.29 is 18.8 Å². The fourth-order valence-corrected chi connectivity index (χ4v) is 1.60. The summed E-state index contributed by atoms with van der Waals surface area (Å²) in [5, 5.41) is 10.7. The summed E-state index contributed by atoms with van der Waals surface area (Å²) in [6.45, 7) is 1.66. The minimum absolute atomic E-state index is 0.0449. The highest BCUT2D eigenvalue weighted by Gasteiger charge is 2.23. The number of benzene rings is 1. The van der Waals surface area contributed by atoms with Gasteiger partial charge in [0.05, 0.1) is 34.6 Å². The molecule has 92 valence electrons. The maximum Gasteiger partial charge on any atom is 0.338 e. The number of carbonyl (C=O) groups excluding carboxylic acids is 1. The van der Waals surface area contributed by atoms with Crippen LogP contribution in [0.5, 0.6) is 0 Å². The lowest BCUT2D eigenvalue weighted by molar-refractivity contribution is -0.385. The topological polar surface area (TPSA) is 69.4 Å². The van der Waals surface area contributed by atoms with Gasteiger partial charge in [-0.1, -0.05) is 0 Å². The van der Waals surface area contributed by atoms with Crippen molar-refractivity contribution in [2.24, 2.45) is 0 Å². The van der Waals surface area contributed by atoms with Crippen molar-refractivity contribution in [2.45, 2.75) is 12.8 Å². The molecule has 0 saturated heterocycles. The van der Waals surface area contributed by atoms with Crippen molar-refractivity contribution in [3.63, 3.8) is 0 Å². The second kappa shape index (κ2) is 5.58. The average Bonchev–Trinajstić information content (AvgIpc) is 2.28. The summed E-state index contributed by atoms with van der Waals surface area (Å²) in [4.78, 5) is 21.4. The molecule has 1 rings (SSSR count). The van der Waals surface area contributed by atoms with E-state index in [1.54, 1.807) is 6.92 Å². The Morgan fingerprint density at radius 3 is 2.71 bits per heavy atom. The molecule has 0 radical (unpaired) electrons. The zero-order chi connectivity index (χ0) is 13.0. The molecule has 1 aromatic carbocycles. The largest absolute Gasteiger partial charge is 0.462 e. The Balaban J connectivity index is 3.37. The number of nitro benzene ring substituents is 1. The Morgan fingerprint density at radius 2 is 2.24 bits per heavy atom. The van der Waals surface area contributed by atoms with E-state index in [-0.39, 0.29) is 23.6 Å². The van der Waals surface area contributed by atoms with E-state index in [4.69, 9.17) is 11.6 Å². The fourth-order valence-electron chi connectivity index (χ4n) is 1.32. The number of hydrogen-bond acceptors (Lipinski definition) is 4. The highest BCUT2D eigenvalue weighted by atomic mass is 35.5. The first-order valence-electron chi connectivity index (χ1n) is 4.71. The van der Waals surface area contributed by atoms with Crippen LogP contribution in [0.2, 0.25) is 0 Å². The number of hydrogen-bond donors (Lipinski definition) is 0. The van der Waals surface area contributed by atoms with Crippen LogP contribution in [0.15, 0.2) is 12.1 Å². The quantitative estimate of drug-likeness (QED) is 0.362. The van der Waals surface area contributed by atoms with E-state index in [1.807, 2.05) is 0 Å². The molecule has 0 spiro atoms. The average molecular weight is 262 g/mol. The van der Waals surface area contributed by atoms with E-state index >= 15 is 0 Å². The Kier molecular flexibility index (Phi) is 4.39. The number of rotatable bonds is 4. The van der Waals surface area contributed by atoms with Gasteiger partial charge in [0.15, 0.2) is 0 Å². The van der Waals surface area contributed by atoms with Crippen LogP contribution in [0.25, 0.3) is 0 Å². The second-order valence-corrected chi connectivity index (χ2v) is 3.33. The van der Waals surface area contributed by atoms with Gasteiger partial charge < -0.3 is 4.74 Å². The van der Waals surface area contributed by atoms with Crippen LogP contribution in [0.3, 0.4) is 0 Å². The molecule has 0 unspecified atom stereocenters. The summed E-state index contributed by atoms with van der Waals surface area (Å²) >= 11 is 5.54. The van der Waals surface area contributed by atoms with Crippen molar-refractivity contribution in [1.82, 2.24) is 0 Å². The lowest BCUT2D eigenvalue weighted by atomic mass is 10.1. The van der Waals surface area contributed by atoms with Crippen LogP contribution in [-0.4, -0.2) is 17.5 Å². The minimum Gasteiger partial charge on any atom is -0.462 e. The number of nitro groups is 1. The number of carbonyl (C=O) groups is 1. The van der Waals surface area contributed by atoms with E-state index in [2.05, 4.69) is 4.74 Å². The predicted octanol–water partition coefficient (Wildman–Crippen LogP) is 2.65. The molecule has 0 amide bonds. The molecular weight excluding hydrogens is 253 g/mol. The Bertz CT molecular complexity index is 464. The van der Waals surface area contributed by atoms with Crippen LogP contribution < -0.4 is 0 Å². The molecule has 0 saturated carbocycles. The van der Waals surface area contributed by atoms with E-state index in [0.717, 1.165) is 12.1 Å². The Morgan fingerprint density at radius 1 is 1.59 bits per heavy atom. The number of alkyl halides is 1. The standard InChI is InChI=1S/C10H9ClFNO4/c1-2-17-10(14)7-3-6(12)4-9(13(15)16)8(7)5-11/h3-4H,2,5H2,1H3. The smallest absolute Gasteiger partial charge is 0.338 e. The van der Waals surface area contributed by atoms with E-state index < -0.39 is 22.4 Å². The van der Waals surface area contributed by atoms with E-state index in [9.17, 15) is 19.3 Å². The summed E-state index contributed by atoms with van der Waals surface area (Å²) in [7, 11) is 0. The summed E-state index contributed by atoms with van der Waals surface area (Å²) in [5.41, 5.74) is -0.784. The number of ether oxygens (including phenoxy) is 1. The monoisotopic (exact) mass is 261 g/mol. The van der Waals surface area contributed by atoms with Gasteiger partial charge in [-0.2, -0.15) is 0 Å². The molecule has 0 fully saturated rings. The Hall–Kier alpha value is -1.69. The Labute approximate surface area is 101 Å². The maximum absolute atomic E-state index is 13.1. The van der Waals surface area contributed by atoms with Gasteiger partial charge in [0, 0.05) is 0 Å². The molecule has 1 aromatic rings. The van der Waals surface area contributed by atoms with Gasteiger partial charge in [0.2, 0.25) is 0 Å². The third kappa shape index (κ3) is 2.91. The van der Waals surface area contributed by atoms with Crippen LogP contribution >= 0.6 is 11.6 Å². The molecule has 0 N–H and O–H groups in total. The van der Waals surface area contributed by atoms with Gasteiger partial charge in [-0.15, -0.1) is 11.6 Å². The maximum atomic E-state index is 13.1. The zero-order valence-corrected chi connectivity index (χ0v) is 9.66. The molecular formula is C10H9ClFNO4. The van der Waals surface area contributed by atoms with Gasteiger partial charge in [0.25, 0.3) is 5.69 Å². The van der Waals surface area contributed by atoms with Crippen molar-refractivity contribution in [3.8, 4) is 0 Å². The molecule has 0 aliphatic carbocycles. The van der Waals surface area contributed by atoms with Crippen LogP contribution in [0.1, 0.15) is 22.8 Å². The van der Waals surface area contributed by atoms with Gasteiger partial charge in [-0.05, 0) is 13.0 Å². The van der Waals surface area contributed by atoms with E-state index in [1.165, 1.54) is 0 Å². The SMILES string of the molecule is CCOC(=O)c1cc(F)cc([N+](=O)[O-])c1CCl. The summed E-state index contributed by atoms with van der Waals surface area (Å²) < 4.78 is 17.8. The molecule has 0 aliphatic rings. The summed E-state index contributed by atoms with van der Waals surface area (Å²) in [5.74, 6) is -1.98. The number of esters is 1. The molecule has 0 aliphatic heterocycles. The number of halogens is 2. The van der Waals surface area contributed by atoms with Crippen molar-refractivity contribution >= 4 is 23.3 Å². The predicted molar refractivity (Wildman–Crippen MR) is 58.6 cm³/mol. The first-order valence-corrected chi connectivity index (χ1v) is 5.24. The van der Waals surface area contributed by atoms with Gasteiger partial charge >= 0.3 is 5.97 Å². The highest BCUT2D eigenvalue weighted by Crippen LogP contribution is 2.26. The second-order valence-electron chi connectivity index (χ2n) is 3.06. The lowest BCUT2D eigenvalue weighted by Gasteiger charge is -2.07. The molecule has 17 heavy (non-hydrogen) atoms. The first-order chi connectivity index (χ1) is 8.01. The third-order valence-corrected chi connectivity index (χ3v) is 2.28. The van der Waals surface area contributed by atoms with Crippen molar-refractivity contribution in [1.29, 1.82) is 0 Å². The fraction of sp³-hybridized carbons (Fsp3) is 0.300. The minimum atomic E-state index is -0.881. The van der Waals surface area contributed by atoms with Crippen molar-refractivity contribution in [2.75, 3.05) is 6.61 Å². The van der Waals surface area contributed by atoms with Gasteiger partial charge in [-0.25, -0.2) is 9.18 Å². The molecule has 5 nitrogen and oxygen atoms in total. The van der Waals surface area contributed by atoms with E-state index in [0.29, 0.717) is 0 Å². The first kappa shape index (κ1) is 13.4. The normalized spacial score (nSPS) is 10.1. The molecule has 0 heterocycles. The summed E-state index contributed by atoms with van der Waals surface area (Å²) in [6, 6.07) is 1.60. The van der Waals surface area contributed by atoms with Crippen LogP contribution in [-0.2, 0) is 10.6 Å². The highest BCUT2D eigenvalue weighted by molar-refractivity contribution is 6.18. The van der Waals surface area contributed by atoms with Crippen molar-refractivity contribution in [3.05, 3.63) is 39.2 Å². The molecule has 0 atom stereocenters. The molecule has 0 aromatic heterocycles. The van der Waals surface area contributed by atoms with Gasteiger partial charge in [-0.3, -0.25) is 10.1 Å². The number of nitrogens with zero attached hydrogens (tertiary/aromatic N) is 1. The van der Waals surface area contributed by atoms with Crippen LogP contribution in [0, 0.1) is 15.9 Å². The molecule has 0 bridgehead atoms. The lowest BCUT2D eigenvalue weighted by Crippen LogP contribution is -2.10.